The van der Waals surface area contributed by atoms with E-state index in [0.29, 0.717) is 17.2 Å². The van der Waals surface area contributed by atoms with Crippen LogP contribution in [0.25, 0.3) is 0 Å². The summed E-state index contributed by atoms with van der Waals surface area (Å²) in [5, 5.41) is 28.4. The number of rotatable bonds is 12. The van der Waals surface area contributed by atoms with Gasteiger partial charge in [-0.2, -0.15) is 0 Å². The van der Waals surface area contributed by atoms with Gasteiger partial charge in [0.2, 0.25) is 0 Å². The van der Waals surface area contributed by atoms with Crippen LogP contribution < -0.4 is 14.2 Å². The number of alkyl halides is 3. The van der Waals surface area contributed by atoms with Crippen molar-refractivity contribution < 1.29 is 29.5 Å². The summed E-state index contributed by atoms with van der Waals surface area (Å²) < 4.78 is 16.3. The van der Waals surface area contributed by atoms with E-state index in [1.807, 2.05) is 0 Å². The molecule has 0 radical (unpaired) electrons. The second-order valence-corrected chi connectivity index (χ2v) is 5.92. The van der Waals surface area contributed by atoms with Crippen molar-refractivity contribution in [2.24, 2.45) is 0 Å². The molecule has 1 aromatic rings. The second-order valence-electron chi connectivity index (χ2n) is 5.00. The maximum Gasteiger partial charge on any atom is 0.126 e. The van der Waals surface area contributed by atoms with Gasteiger partial charge in [-0.15, -0.1) is 34.8 Å². The van der Waals surface area contributed by atoms with Crippen LogP contribution in [0.2, 0.25) is 0 Å². The lowest BCUT2D eigenvalue weighted by atomic mass is 10.3. The molecule has 0 aliphatic rings. The van der Waals surface area contributed by atoms with Crippen molar-refractivity contribution in [3.8, 4) is 17.2 Å². The van der Waals surface area contributed by atoms with E-state index in [4.69, 9.17) is 49.0 Å². The zero-order valence-corrected chi connectivity index (χ0v) is 15.2. The molecule has 0 aliphatic heterocycles. The van der Waals surface area contributed by atoms with Gasteiger partial charge in [0.1, 0.15) is 55.4 Å². The van der Waals surface area contributed by atoms with E-state index in [1.54, 1.807) is 18.2 Å². The molecule has 138 valence electrons. The highest BCUT2D eigenvalue weighted by molar-refractivity contribution is 6.18. The van der Waals surface area contributed by atoms with Gasteiger partial charge >= 0.3 is 0 Å². The highest BCUT2D eigenvalue weighted by atomic mass is 35.5. The number of hydrogen-bond acceptors (Lipinski definition) is 6. The van der Waals surface area contributed by atoms with Crippen LogP contribution in [-0.2, 0) is 0 Å². The zero-order chi connectivity index (χ0) is 17.9. The maximum absolute atomic E-state index is 9.46. The minimum Gasteiger partial charge on any atom is -0.491 e. The van der Waals surface area contributed by atoms with Gasteiger partial charge in [0.25, 0.3) is 0 Å². The Morgan fingerprint density at radius 2 is 0.875 bits per heavy atom. The third kappa shape index (κ3) is 8.46. The molecule has 0 fully saturated rings. The normalized spacial score (nSPS) is 14.8. The first kappa shape index (κ1) is 21.4. The summed E-state index contributed by atoms with van der Waals surface area (Å²) in [7, 11) is 0. The van der Waals surface area contributed by atoms with Gasteiger partial charge in [0.05, 0.1) is 17.6 Å². The molecule has 9 heteroatoms. The molecule has 1 rings (SSSR count). The molecule has 0 saturated carbocycles. The van der Waals surface area contributed by atoms with Gasteiger partial charge in [-0.3, -0.25) is 0 Å². The molecule has 3 atom stereocenters. The van der Waals surface area contributed by atoms with Crippen molar-refractivity contribution in [1.29, 1.82) is 0 Å². The number of benzene rings is 1. The molecule has 0 aromatic heterocycles. The molecule has 1 aromatic carbocycles. The molecular formula is C15H21Cl3O6. The van der Waals surface area contributed by atoms with Crippen LogP contribution >= 0.6 is 34.8 Å². The van der Waals surface area contributed by atoms with E-state index >= 15 is 0 Å². The van der Waals surface area contributed by atoms with Crippen molar-refractivity contribution >= 4 is 34.8 Å². The van der Waals surface area contributed by atoms with Crippen LogP contribution in [0.1, 0.15) is 0 Å². The molecule has 0 heterocycles. The Hall–Kier alpha value is -0.630. The highest BCUT2D eigenvalue weighted by Crippen LogP contribution is 2.28. The van der Waals surface area contributed by atoms with E-state index in [0.717, 1.165) is 0 Å². The standard InChI is InChI=1S/C15H21Cl3O6/c16-4-10(19)7-22-13-1-14(23-8-11(20)5-17)3-15(2-13)24-9-12(21)6-18/h1-3,10-12,19-21H,4-9H2. The summed E-state index contributed by atoms with van der Waals surface area (Å²) in [6, 6.07) is 4.73. The molecule has 24 heavy (non-hydrogen) atoms. The van der Waals surface area contributed by atoms with Crippen molar-refractivity contribution in [3.05, 3.63) is 18.2 Å². The first-order chi connectivity index (χ1) is 11.5. The van der Waals surface area contributed by atoms with Crippen LogP contribution in [0, 0.1) is 0 Å². The Labute approximate surface area is 155 Å². The Morgan fingerprint density at radius 1 is 0.625 bits per heavy atom. The summed E-state index contributed by atoms with van der Waals surface area (Å²) in [4.78, 5) is 0. The fourth-order valence-corrected chi connectivity index (χ4v) is 1.77. The summed E-state index contributed by atoms with van der Waals surface area (Å²) >= 11 is 16.6. The Morgan fingerprint density at radius 3 is 1.08 bits per heavy atom. The van der Waals surface area contributed by atoms with E-state index in [9.17, 15) is 15.3 Å². The van der Waals surface area contributed by atoms with Crippen LogP contribution in [0.5, 0.6) is 17.2 Å². The minimum absolute atomic E-state index is 0.000995. The third-order valence-electron chi connectivity index (χ3n) is 2.72. The van der Waals surface area contributed by atoms with Crippen molar-refractivity contribution in [1.82, 2.24) is 0 Å². The monoisotopic (exact) mass is 402 g/mol. The molecule has 0 amide bonds. The molecule has 6 nitrogen and oxygen atoms in total. The number of aliphatic hydroxyl groups is 3. The molecule has 0 aliphatic carbocycles. The molecule has 0 spiro atoms. The summed E-state index contributed by atoms with van der Waals surface area (Å²) in [6.45, 7) is 0.00299. The second kappa shape index (κ2) is 11.8. The van der Waals surface area contributed by atoms with Gasteiger partial charge in [-0.05, 0) is 0 Å². The van der Waals surface area contributed by atoms with E-state index in [1.165, 1.54) is 0 Å². The quantitative estimate of drug-likeness (QED) is 0.460. The SMILES string of the molecule is OC(CCl)COc1cc(OCC(O)CCl)cc(OCC(O)CCl)c1. The average molecular weight is 404 g/mol. The first-order valence-electron chi connectivity index (χ1n) is 7.24. The lowest BCUT2D eigenvalue weighted by molar-refractivity contribution is 0.116. The van der Waals surface area contributed by atoms with Gasteiger partial charge in [-0.1, -0.05) is 0 Å². The molecule has 0 bridgehead atoms. The van der Waals surface area contributed by atoms with E-state index < -0.39 is 18.3 Å². The van der Waals surface area contributed by atoms with Gasteiger partial charge in [-0.25, -0.2) is 0 Å². The smallest absolute Gasteiger partial charge is 0.126 e. The largest absolute Gasteiger partial charge is 0.491 e. The van der Waals surface area contributed by atoms with Gasteiger partial charge < -0.3 is 29.5 Å². The highest BCUT2D eigenvalue weighted by Gasteiger charge is 2.11. The van der Waals surface area contributed by atoms with Crippen LogP contribution in [0.4, 0.5) is 0 Å². The molecule has 3 N–H and O–H groups in total. The minimum atomic E-state index is -0.809. The Kier molecular flexibility index (Phi) is 10.6. The first-order valence-corrected chi connectivity index (χ1v) is 8.84. The van der Waals surface area contributed by atoms with Gasteiger partial charge in [0, 0.05) is 18.2 Å². The van der Waals surface area contributed by atoms with Crippen LogP contribution in [0.3, 0.4) is 0 Å². The molecule has 0 saturated heterocycles. The topological polar surface area (TPSA) is 88.4 Å². The van der Waals surface area contributed by atoms with Crippen molar-refractivity contribution in [3.63, 3.8) is 0 Å². The average Bonchev–Trinajstić information content (AvgIpc) is 2.61. The summed E-state index contributed by atoms with van der Waals surface area (Å²) in [6.07, 6.45) is -2.43. The van der Waals surface area contributed by atoms with Gasteiger partial charge in [0.15, 0.2) is 0 Å². The van der Waals surface area contributed by atoms with Crippen LogP contribution in [0.15, 0.2) is 18.2 Å². The number of hydrogen-bond donors (Lipinski definition) is 3. The third-order valence-corrected chi connectivity index (χ3v) is 3.78. The fraction of sp³-hybridized carbons (Fsp3) is 0.600. The zero-order valence-electron chi connectivity index (χ0n) is 12.9. The summed E-state index contributed by atoms with van der Waals surface area (Å²) in [5.41, 5.74) is 0. The Bertz CT molecular complexity index is 398. The molecular weight excluding hydrogens is 383 g/mol. The predicted molar refractivity (Wildman–Crippen MR) is 93.1 cm³/mol. The summed E-state index contributed by atoms with van der Waals surface area (Å²) in [5.74, 6) is 1.28. The fourth-order valence-electron chi connectivity index (χ4n) is 1.51. The van der Waals surface area contributed by atoms with E-state index in [-0.39, 0.29) is 37.5 Å². The number of ether oxygens (including phenoxy) is 3. The Balaban J connectivity index is 2.79. The van der Waals surface area contributed by atoms with Crippen molar-refractivity contribution in [2.45, 2.75) is 18.3 Å². The predicted octanol–water partition coefficient (Wildman–Crippen LogP) is 1.62. The molecule has 3 unspecified atom stereocenters. The number of aliphatic hydroxyl groups excluding tert-OH is 3. The van der Waals surface area contributed by atoms with Crippen LogP contribution in [-0.4, -0.2) is 71.1 Å². The maximum atomic E-state index is 9.46. The van der Waals surface area contributed by atoms with Crippen molar-refractivity contribution in [2.75, 3.05) is 37.5 Å². The number of halogens is 3. The van der Waals surface area contributed by atoms with E-state index in [2.05, 4.69) is 0 Å². The lowest BCUT2D eigenvalue weighted by Crippen LogP contribution is -2.20. The lowest BCUT2D eigenvalue weighted by Gasteiger charge is -2.16.